The second-order valence-corrected chi connectivity index (χ2v) is 4.41. The first kappa shape index (κ1) is 9.76. The van der Waals surface area contributed by atoms with E-state index in [-0.39, 0.29) is 0 Å². The Morgan fingerprint density at radius 1 is 1.21 bits per heavy atom. The summed E-state index contributed by atoms with van der Waals surface area (Å²) in [5.74, 6) is 0.720. The van der Waals surface area contributed by atoms with E-state index in [9.17, 15) is 0 Å². The fourth-order valence-corrected chi connectivity index (χ4v) is 2.55. The van der Waals surface area contributed by atoms with Crippen LogP contribution in [0, 0.1) is 5.92 Å². The molecule has 0 heterocycles. The Morgan fingerprint density at radius 3 is 2.93 bits per heavy atom. The molecule has 0 radical (unpaired) electrons. The van der Waals surface area contributed by atoms with Crippen LogP contribution >= 0.6 is 0 Å². The summed E-state index contributed by atoms with van der Waals surface area (Å²) in [7, 11) is 0. The van der Waals surface area contributed by atoms with Crippen molar-refractivity contribution in [2.75, 3.05) is 0 Å². The molecule has 1 unspecified atom stereocenters. The van der Waals surface area contributed by atoms with Gasteiger partial charge in [0.1, 0.15) is 0 Å². The molecule has 0 aromatic rings. The van der Waals surface area contributed by atoms with Gasteiger partial charge >= 0.3 is 0 Å². The van der Waals surface area contributed by atoms with Crippen LogP contribution in [0.4, 0.5) is 0 Å². The zero-order valence-corrected chi connectivity index (χ0v) is 9.13. The van der Waals surface area contributed by atoms with Gasteiger partial charge in [0.25, 0.3) is 0 Å². The van der Waals surface area contributed by atoms with E-state index in [1.54, 1.807) is 11.1 Å². The fraction of sp³-hybridized carbons (Fsp3) is 0.571. The summed E-state index contributed by atoms with van der Waals surface area (Å²) in [5.41, 5.74) is 3.23. The third-order valence-electron chi connectivity index (χ3n) is 3.42. The topological polar surface area (TPSA) is 0 Å². The van der Waals surface area contributed by atoms with Gasteiger partial charge in [-0.1, -0.05) is 41.9 Å². The zero-order valence-electron chi connectivity index (χ0n) is 9.13. The molecule has 0 amide bonds. The average molecular weight is 188 g/mol. The highest BCUT2D eigenvalue weighted by Crippen LogP contribution is 2.31. The van der Waals surface area contributed by atoms with Crippen molar-refractivity contribution in [3.05, 3.63) is 35.5 Å². The molecule has 2 aliphatic rings. The summed E-state index contributed by atoms with van der Waals surface area (Å²) < 4.78 is 0. The smallest absolute Gasteiger partial charge is 0.00170 e. The van der Waals surface area contributed by atoms with Crippen molar-refractivity contribution < 1.29 is 0 Å². The molecule has 2 aliphatic carbocycles. The lowest BCUT2D eigenvalue weighted by molar-refractivity contribution is 0.655. The Kier molecular flexibility index (Phi) is 3.23. The molecule has 0 aliphatic heterocycles. The van der Waals surface area contributed by atoms with Crippen LogP contribution in [0.25, 0.3) is 0 Å². The Morgan fingerprint density at radius 2 is 2.07 bits per heavy atom. The second-order valence-electron chi connectivity index (χ2n) is 4.41. The maximum atomic E-state index is 2.50. The highest BCUT2D eigenvalue weighted by Gasteiger charge is 2.14. The Balaban J connectivity index is 2.19. The molecular weight excluding hydrogens is 168 g/mol. The highest BCUT2D eigenvalue weighted by atomic mass is 14.2. The van der Waals surface area contributed by atoms with E-state index >= 15 is 0 Å². The number of hydrogen-bond acceptors (Lipinski definition) is 0. The van der Waals surface area contributed by atoms with Crippen molar-refractivity contribution in [2.45, 2.75) is 45.4 Å². The predicted octanol–water partition coefficient (Wildman–Crippen LogP) is 4.40. The quantitative estimate of drug-likeness (QED) is 0.494. The van der Waals surface area contributed by atoms with Gasteiger partial charge in [-0.25, -0.2) is 0 Å². The van der Waals surface area contributed by atoms with Crippen LogP contribution in [-0.4, -0.2) is 0 Å². The van der Waals surface area contributed by atoms with E-state index in [1.807, 2.05) is 0 Å². The van der Waals surface area contributed by atoms with Crippen molar-refractivity contribution in [3.63, 3.8) is 0 Å². The highest BCUT2D eigenvalue weighted by molar-refractivity contribution is 5.29. The SMILES string of the molecule is CC=C1CCCCCC2=CC1CC=C2. The Hall–Kier alpha value is -0.780. The fourth-order valence-electron chi connectivity index (χ4n) is 2.55. The van der Waals surface area contributed by atoms with E-state index in [4.69, 9.17) is 0 Å². The minimum absolute atomic E-state index is 0.720. The normalized spacial score (nSPS) is 30.5. The number of rotatable bonds is 0. The van der Waals surface area contributed by atoms with Crippen LogP contribution in [0.2, 0.25) is 0 Å². The molecule has 0 spiro atoms. The molecule has 0 aromatic heterocycles. The molecule has 2 bridgehead atoms. The van der Waals surface area contributed by atoms with Gasteiger partial charge in [-0.3, -0.25) is 0 Å². The van der Waals surface area contributed by atoms with Gasteiger partial charge in [0.2, 0.25) is 0 Å². The second kappa shape index (κ2) is 4.63. The Labute approximate surface area is 87.4 Å². The summed E-state index contributed by atoms with van der Waals surface area (Å²) in [6.45, 7) is 2.19. The van der Waals surface area contributed by atoms with Crippen molar-refractivity contribution in [1.82, 2.24) is 0 Å². The van der Waals surface area contributed by atoms with Gasteiger partial charge in [-0.15, -0.1) is 0 Å². The minimum atomic E-state index is 0.720. The lowest BCUT2D eigenvalue weighted by Gasteiger charge is -2.18. The third-order valence-corrected chi connectivity index (χ3v) is 3.42. The molecule has 0 heteroatoms. The van der Waals surface area contributed by atoms with E-state index in [1.165, 1.54) is 38.5 Å². The monoisotopic (exact) mass is 188 g/mol. The largest absolute Gasteiger partial charge is 0.0878 e. The van der Waals surface area contributed by atoms with Crippen LogP contribution in [0.1, 0.15) is 45.4 Å². The maximum absolute atomic E-state index is 2.50. The van der Waals surface area contributed by atoms with Crippen LogP contribution in [0.5, 0.6) is 0 Å². The zero-order chi connectivity index (χ0) is 9.80. The summed E-state index contributed by atoms with van der Waals surface area (Å²) in [4.78, 5) is 0. The van der Waals surface area contributed by atoms with E-state index in [2.05, 4.69) is 31.2 Å². The molecule has 0 nitrogen and oxygen atoms in total. The van der Waals surface area contributed by atoms with Crippen LogP contribution in [-0.2, 0) is 0 Å². The van der Waals surface area contributed by atoms with Crippen LogP contribution < -0.4 is 0 Å². The molecule has 76 valence electrons. The van der Waals surface area contributed by atoms with Crippen LogP contribution in [0.3, 0.4) is 0 Å². The maximum Gasteiger partial charge on any atom is 0.00170 e. The van der Waals surface area contributed by atoms with Gasteiger partial charge in [0.05, 0.1) is 0 Å². The van der Waals surface area contributed by atoms with Crippen LogP contribution in [0.15, 0.2) is 35.5 Å². The third kappa shape index (κ3) is 2.17. The van der Waals surface area contributed by atoms with Gasteiger partial charge in [0.15, 0.2) is 0 Å². The first-order valence-corrected chi connectivity index (χ1v) is 5.92. The first-order chi connectivity index (χ1) is 6.90. The van der Waals surface area contributed by atoms with Gasteiger partial charge in [-0.05, 0) is 39.0 Å². The lowest BCUT2D eigenvalue weighted by Crippen LogP contribution is -2.03. The van der Waals surface area contributed by atoms with Crippen molar-refractivity contribution in [3.8, 4) is 0 Å². The minimum Gasteiger partial charge on any atom is -0.0878 e. The Bertz CT molecular complexity index is 278. The molecule has 2 rings (SSSR count). The van der Waals surface area contributed by atoms with Gasteiger partial charge < -0.3 is 0 Å². The molecule has 0 fully saturated rings. The molecule has 0 saturated heterocycles. The summed E-state index contributed by atoms with van der Waals surface area (Å²) in [6, 6.07) is 0. The number of fused-ring (bicyclic) bond motifs is 1. The predicted molar refractivity (Wildman–Crippen MR) is 62.2 cm³/mol. The van der Waals surface area contributed by atoms with E-state index in [0.717, 1.165) is 5.92 Å². The molecule has 14 heavy (non-hydrogen) atoms. The first-order valence-electron chi connectivity index (χ1n) is 5.92. The molecule has 0 saturated carbocycles. The number of hydrogen-bond donors (Lipinski definition) is 0. The van der Waals surface area contributed by atoms with E-state index < -0.39 is 0 Å². The molecule has 0 N–H and O–H groups in total. The molecule has 1 atom stereocenters. The summed E-state index contributed by atoms with van der Waals surface area (Å²) >= 11 is 0. The van der Waals surface area contributed by atoms with Crippen molar-refractivity contribution in [2.24, 2.45) is 5.92 Å². The van der Waals surface area contributed by atoms with E-state index in [0.29, 0.717) is 0 Å². The number of allylic oxidation sites excluding steroid dienone is 6. The molecule has 0 aromatic carbocycles. The summed E-state index contributed by atoms with van der Waals surface area (Å²) in [5, 5.41) is 0. The van der Waals surface area contributed by atoms with Crippen molar-refractivity contribution in [1.29, 1.82) is 0 Å². The van der Waals surface area contributed by atoms with Crippen molar-refractivity contribution >= 4 is 0 Å². The molecular formula is C14H20. The lowest BCUT2D eigenvalue weighted by atomic mass is 9.87. The van der Waals surface area contributed by atoms with Gasteiger partial charge in [-0.2, -0.15) is 0 Å². The van der Waals surface area contributed by atoms with Gasteiger partial charge in [0, 0.05) is 5.92 Å². The summed E-state index contributed by atoms with van der Waals surface area (Å²) in [6.07, 6.45) is 17.5. The average Bonchev–Trinajstić information content (AvgIpc) is 2.29. The standard InChI is InChI=1S/C14H20/c1-2-13-9-5-3-4-7-12-8-6-10-14(13)11-12/h2,6,8,11,14H,3-5,7,9-10H2,1H3.